The number of hydrogen-bond donors (Lipinski definition) is 1. The van der Waals surface area contributed by atoms with E-state index in [1.165, 1.54) is 12.7 Å². The van der Waals surface area contributed by atoms with Crippen LogP contribution in [0.5, 0.6) is 0 Å². The molecule has 1 aliphatic carbocycles. The van der Waals surface area contributed by atoms with Crippen molar-refractivity contribution >= 4 is 21.9 Å². The molecular weight excluding hydrogens is 332 g/mol. The number of carbonyl (C=O) groups is 2. The molecule has 8 heteroatoms. The molecule has 1 fully saturated rings. The molecule has 0 aromatic heterocycles. The molecule has 1 amide bonds. The van der Waals surface area contributed by atoms with Crippen LogP contribution in [-0.4, -0.2) is 50.8 Å². The Labute approximate surface area is 141 Å². The number of sulfonamides is 1. The molecule has 0 unspecified atom stereocenters. The van der Waals surface area contributed by atoms with Crippen molar-refractivity contribution in [2.75, 3.05) is 20.2 Å². The number of methoxy groups -OCH3 is 1. The molecule has 1 atom stereocenters. The predicted molar refractivity (Wildman–Crippen MR) is 85.8 cm³/mol. The van der Waals surface area contributed by atoms with Crippen LogP contribution in [0.3, 0.4) is 0 Å². The SMILES string of the molecule is COC(=O)C[C@H]1C(=O)NCCN1S(=O)(=O)c1ccc2c(c1)CCC2. The first-order chi connectivity index (χ1) is 11.4. The van der Waals surface area contributed by atoms with Gasteiger partial charge in [-0.2, -0.15) is 4.31 Å². The summed E-state index contributed by atoms with van der Waals surface area (Å²) >= 11 is 0. The van der Waals surface area contributed by atoms with Crippen LogP contribution in [0, 0.1) is 0 Å². The summed E-state index contributed by atoms with van der Waals surface area (Å²) in [7, 11) is -2.64. The molecule has 0 radical (unpaired) electrons. The van der Waals surface area contributed by atoms with E-state index < -0.39 is 27.9 Å². The molecule has 1 heterocycles. The largest absolute Gasteiger partial charge is 0.469 e. The smallest absolute Gasteiger partial charge is 0.307 e. The van der Waals surface area contributed by atoms with Crippen LogP contribution in [0.1, 0.15) is 24.0 Å². The number of amides is 1. The van der Waals surface area contributed by atoms with Gasteiger partial charge in [0.15, 0.2) is 0 Å². The first-order valence-electron chi connectivity index (χ1n) is 7.91. The Balaban J connectivity index is 1.94. The van der Waals surface area contributed by atoms with E-state index in [0.717, 1.165) is 29.1 Å². The quantitative estimate of drug-likeness (QED) is 0.783. The van der Waals surface area contributed by atoms with E-state index in [4.69, 9.17) is 0 Å². The molecule has 7 nitrogen and oxygen atoms in total. The van der Waals surface area contributed by atoms with E-state index in [-0.39, 0.29) is 24.4 Å². The summed E-state index contributed by atoms with van der Waals surface area (Å²) in [5.74, 6) is -1.09. The van der Waals surface area contributed by atoms with Gasteiger partial charge in [-0.3, -0.25) is 9.59 Å². The van der Waals surface area contributed by atoms with Crippen molar-refractivity contribution in [2.45, 2.75) is 36.6 Å². The van der Waals surface area contributed by atoms with Crippen LogP contribution in [0.25, 0.3) is 0 Å². The van der Waals surface area contributed by atoms with Gasteiger partial charge in [0.1, 0.15) is 6.04 Å². The maximum absolute atomic E-state index is 13.0. The zero-order valence-electron chi connectivity index (χ0n) is 13.4. The van der Waals surface area contributed by atoms with E-state index in [1.807, 2.05) is 6.07 Å². The fourth-order valence-corrected chi connectivity index (χ4v) is 4.90. The molecule has 1 aromatic rings. The summed E-state index contributed by atoms with van der Waals surface area (Å²) in [5.41, 5.74) is 2.22. The van der Waals surface area contributed by atoms with Gasteiger partial charge in [0.2, 0.25) is 15.9 Å². The van der Waals surface area contributed by atoms with Crippen LogP contribution >= 0.6 is 0 Å². The number of hydrogen-bond acceptors (Lipinski definition) is 5. The average Bonchev–Trinajstić information content (AvgIpc) is 3.04. The number of piperazine rings is 1. The summed E-state index contributed by atoms with van der Waals surface area (Å²) in [5, 5.41) is 2.60. The molecule has 3 rings (SSSR count). The van der Waals surface area contributed by atoms with E-state index >= 15 is 0 Å². The van der Waals surface area contributed by atoms with Crippen LogP contribution in [-0.2, 0) is 37.2 Å². The highest BCUT2D eigenvalue weighted by Gasteiger charge is 2.40. The molecule has 0 saturated carbocycles. The van der Waals surface area contributed by atoms with Crippen molar-refractivity contribution in [1.82, 2.24) is 9.62 Å². The lowest BCUT2D eigenvalue weighted by atomic mass is 10.1. The third-order valence-electron chi connectivity index (χ3n) is 4.55. The van der Waals surface area contributed by atoms with E-state index in [9.17, 15) is 18.0 Å². The van der Waals surface area contributed by atoms with E-state index in [1.54, 1.807) is 12.1 Å². The van der Waals surface area contributed by atoms with Gasteiger partial charge in [-0.1, -0.05) is 6.07 Å². The molecule has 1 aliphatic heterocycles. The van der Waals surface area contributed by atoms with Crippen molar-refractivity contribution in [1.29, 1.82) is 0 Å². The Hall–Kier alpha value is -1.93. The Kier molecular flexibility index (Phi) is 4.60. The molecule has 0 spiro atoms. The summed E-state index contributed by atoms with van der Waals surface area (Å²) in [4.78, 5) is 23.8. The minimum atomic E-state index is -3.85. The van der Waals surface area contributed by atoms with Gasteiger partial charge in [0, 0.05) is 13.1 Å². The van der Waals surface area contributed by atoms with Crippen molar-refractivity contribution < 1.29 is 22.7 Å². The number of rotatable bonds is 4. The molecule has 2 aliphatic rings. The lowest BCUT2D eigenvalue weighted by molar-refractivity contribution is -0.144. The topological polar surface area (TPSA) is 92.8 Å². The van der Waals surface area contributed by atoms with Gasteiger partial charge in [-0.05, 0) is 42.5 Å². The van der Waals surface area contributed by atoms with Gasteiger partial charge >= 0.3 is 5.97 Å². The number of carbonyl (C=O) groups excluding carboxylic acids is 2. The molecular formula is C16H20N2O5S. The Morgan fingerprint density at radius 2 is 2.08 bits per heavy atom. The summed E-state index contributed by atoms with van der Waals surface area (Å²) < 4.78 is 31.7. The highest BCUT2D eigenvalue weighted by Crippen LogP contribution is 2.28. The number of fused-ring (bicyclic) bond motifs is 1. The molecule has 1 aromatic carbocycles. The molecule has 1 saturated heterocycles. The van der Waals surface area contributed by atoms with Crippen LogP contribution in [0.4, 0.5) is 0 Å². The van der Waals surface area contributed by atoms with Crippen LogP contribution in [0.2, 0.25) is 0 Å². The Bertz CT molecular complexity index is 775. The minimum absolute atomic E-state index is 0.132. The van der Waals surface area contributed by atoms with Crippen molar-refractivity contribution in [3.05, 3.63) is 29.3 Å². The van der Waals surface area contributed by atoms with E-state index in [0.29, 0.717) is 0 Å². The predicted octanol–water partition coefficient (Wildman–Crippen LogP) is 0.228. The Morgan fingerprint density at radius 3 is 2.83 bits per heavy atom. The van der Waals surface area contributed by atoms with Gasteiger partial charge in [0.05, 0.1) is 18.4 Å². The van der Waals surface area contributed by atoms with Crippen LogP contribution < -0.4 is 5.32 Å². The summed E-state index contributed by atoms with van der Waals surface area (Å²) in [6.07, 6.45) is 2.56. The zero-order valence-corrected chi connectivity index (χ0v) is 14.3. The summed E-state index contributed by atoms with van der Waals surface area (Å²) in [6.45, 7) is 0.355. The van der Waals surface area contributed by atoms with Crippen molar-refractivity contribution in [3.8, 4) is 0 Å². The molecule has 0 bridgehead atoms. The van der Waals surface area contributed by atoms with Gasteiger partial charge in [-0.15, -0.1) is 0 Å². The van der Waals surface area contributed by atoms with Gasteiger partial charge < -0.3 is 10.1 Å². The normalized spacial score (nSPS) is 21.2. The van der Waals surface area contributed by atoms with Gasteiger partial charge in [0.25, 0.3) is 0 Å². The maximum Gasteiger partial charge on any atom is 0.307 e. The third kappa shape index (κ3) is 3.03. The maximum atomic E-state index is 13.0. The first kappa shape index (κ1) is 16.9. The monoisotopic (exact) mass is 352 g/mol. The lowest BCUT2D eigenvalue weighted by Crippen LogP contribution is -2.57. The van der Waals surface area contributed by atoms with E-state index in [2.05, 4.69) is 10.1 Å². The molecule has 1 N–H and O–H groups in total. The first-order valence-corrected chi connectivity index (χ1v) is 9.35. The standard InChI is InChI=1S/C16H20N2O5S/c1-23-15(19)10-14-16(20)17-7-8-18(14)24(21,22)13-6-5-11-3-2-4-12(11)9-13/h5-6,9,14H,2-4,7-8,10H2,1H3,(H,17,20)/t14-/m0/s1. The number of nitrogens with zero attached hydrogens (tertiary/aromatic N) is 1. The third-order valence-corrected chi connectivity index (χ3v) is 6.45. The molecule has 130 valence electrons. The zero-order chi connectivity index (χ0) is 17.3. The second-order valence-electron chi connectivity index (χ2n) is 5.99. The Morgan fingerprint density at radius 1 is 1.33 bits per heavy atom. The number of esters is 1. The fraction of sp³-hybridized carbons (Fsp3) is 0.500. The minimum Gasteiger partial charge on any atom is -0.469 e. The number of benzene rings is 1. The number of nitrogens with one attached hydrogen (secondary N) is 1. The second kappa shape index (κ2) is 6.52. The number of aryl methyl sites for hydroxylation is 2. The highest BCUT2D eigenvalue weighted by atomic mass is 32.2. The lowest BCUT2D eigenvalue weighted by Gasteiger charge is -2.33. The summed E-state index contributed by atoms with van der Waals surface area (Å²) in [6, 6.07) is 4.04. The molecule has 24 heavy (non-hydrogen) atoms. The highest BCUT2D eigenvalue weighted by molar-refractivity contribution is 7.89. The van der Waals surface area contributed by atoms with Crippen molar-refractivity contribution in [2.24, 2.45) is 0 Å². The van der Waals surface area contributed by atoms with Crippen LogP contribution in [0.15, 0.2) is 23.1 Å². The van der Waals surface area contributed by atoms with Gasteiger partial charge in [-0.25, -0.2) is 8.42 Å². The fourth-order valence-electron chi connectivity index (χ4n) is 3.26. The van der Waals surface area contributed by atoms with Crippen molar-refractivity contribution in [3.63, 3.8) is 0 Å². The second-order valence-corrected chi connectivity index (χ2v) is 7.88. The average molecular weight is 352 g/mol. The number of ether oxygens (including phenoxy) is 1.